The maximum Gasteiger partial charge on any atom is 0.342 e. The zero-order valence-electron chi connectivity index (χ0n) is 65.2. The molecule has 0 aliphatic rings. The SMILES string of the molecule is CCCCCCCCCCOC(=O)CC(C)C(CO)C(=O)Cc1c(CCC(=O)C(O)C(=O)OCCCCCCCCCC)c(O)c2c(C(=O)OCCCCCCCCCC)c(CCCCCCCCCC)c(CCCCCCCCCC)c(C(=O)OCCCCCCCCCC)c2c1C(=O)O. The van der Waals surface area contributed by atoms with Gasteiger partial charge < -0.3 is 39.4 Å². The zero-order valence-corrected chi connectivity index (χ0v) is 65.2. The molecular formula is C86H146O15. The zero-order chi connectivity index (χ0) is 74.1. The summed E-state index contributed by atoms with van der Waals surface area (Å²) in [5.74, 6) is -9.33. The van der Waals surface area contributed by atoms with Gasteiger partial charge in [0.15, 0.2) is 5.78 Å². The van der Waals surface area contributed by atoms with Gasteiger partial charge in [0, 0.05) is 36.0 Å². The highest BCUT2D eigenvalue weighted by Crippen LogP contribution is 2.46. The highest BCUT2D eigenvalue weighted by Gasteiger charge is 2.38. The number of aromatic carboxylic acids is 1. The first-order chi connectivity index (χ1) is 49.1. The van der Waals surface area contributed by atoms with E-state index in [9.17, 15) is 39.6 Å². The lowest BCUT2D eigenvalue weighted by molar-refractivity contribution is -0.158. The Labute approximate surface area is 613 Å². The highest BCUT2D eigenvalue weighted by atomic mass is 16.6. The Balaban J connectivity index is 3.16. The number of fused-ring (bicyclic) bond motifs is 1. The second kappa shape index (κ2) is 60.4. The van der Waals surface area contributed by atoms with E-state index in [1.165, 1.54) is 38.5 Å². The molecule has 2 rings (SSSR count). The smallest absolute Gasteiger partial charge is 0.342 e. The van der Waals surface area contributed by atoms with E-state index >= 15 is 14.4 Å². The summed E-state index contributed by atoms with van der Waals surface area (Å²) >= 11 is 0. The molecule has 0 bridgehead atoms. The van der Waals surface area contributed by atoms with E-state index in [1.807, 2.05) is 0 Å². The Morgan fingerprint density at radius 1 is 0.356 bits per heavy atom. The third kappa shape index (κ3) is 38.6. The number of phenolic OH excluding ortho intramolecular Hbond substituents is 1. The van der Waals surface area contributed by atoms with E-state index < -0.39 is 96.5 Å². The molecular weight excluding hydrogens is 1270 g/mol. The summed E-state index contributed by atoms with van der Waals surface area (Å²) in [6.45, 7) is 14.2. The maximum absolute atomic E-state index is 15.7. The molecule has 0 aliphatic carbocycles. The summed E-state index contributed by atoms with van der Waals surface area (Å²) in [5, 5.41) is 47.4. The number of phenols is 1. The van der Waals surface area contributed by atoms with Gasteiger partial charge in [0.1, 0.15) is 11.5 Å². The van der Waals surface area contributed by atoms with Crippen LogP contribution in [0.3, 0.4) is 0 Å². The number of aliphatic hydroxyl groups excluding tert-OH is 2. The van der Waals surface area contributed by atoms with Gasteiger partial charge >= 0.3 is 29.8 Å². The fraction of sp³-hybridized carbons (Fsp3) is 0.802. The van der Waals surface area contributed by atoms with Crippen molar-refractivity contribution in [2.75, 3.05) is 33.0 Å². The number of aliphatic hydroxyl groups is 2. The van der Waals surface area contributed by atoms with Crippen molar-refractivity contribution < 1.29 is 72.9 Å². The molecule has 15 heteroatoms. The number of carbonyl (C=O) groups excluding carboxylic acids is 6. The number of ketones is 2. The Hall–Kier alpha value is -4.89. The Kier molecular flexibility index (Phi) is 55.1. The molecule has 0 saturated heterocycles. The maximum atomic E-state index is 15.7. The van der Waals surface area contributed by atoms with Gasteiger partial charge in [-0.1, -0.05) is 318 Å². The van der Waals surface area contributed by atoms with Crippen LogP contribution in [0.25, 0.3) is 10.8 Å². The first-order valence-electron chi connectivity index (χ1n) is 41.7. The number of aromatic hydroxyl groups is 1. The van der Waals surface area contributed by atoms with Crippen molar-refractivity contribution in [2.45, 2.75) is 401 Å². The van der Waals surface area contributed by atoms with Crippen LogP contribution in [0.15, 0.2) is 0 Å². The van der Waals surface area contributed by atoms with Gasteiger partial charge in [-0.3, -0.25) is 14.4 Å². The number of rotatable bonds is 69. The van der Waals surface area contributed by atoms with E-state index in [0.717, 1.165) is 231 Å². The van der Waals surface area contributed by atoms with Gasteiger partial charge in [0.05, 0.1) is 49.7 Å². The Morgan fingerprint density at radius 2 is 0.673 bits per heavy atom. The van der Waals surface area contributed by atoms with Crippen molar-refractivity contribution in [3.05, 3.63) is 38.9 Å². The van der Waals surface area contributed by atoms with Gasteiger partial charge in [0.2, 0.25) is 6.10 Å². The standard InChI is InChI=1S/C86H146O15/c1-8-14-20-26-32-38-44-50-56-68-69(57-51-45-39-33-27-21-15-9-2)78(85(96)100-62-54-48-42-36-30-24-18-12-5)80-79(77(68)84(95)99-61-53-47-41-35-29-23-17-11-4)76(83(93)94)71(65-74(89)72(66-87)67(7)64-75(90)98-60-52-46-40-34-28-22-16-10-3)70(81(80)91)58-59-73(88)82(92)86(97)101-63-55-49-43-37-31-25-19-13-6/h67,72,82,87,91-92H,8-66H2,1-7H3,(H,93,94). The quantitative estimate of drug-likeness (QED) is 0.0208. The van der Waals surface area contributed by atoms with Gasteiger partial charge in [-0.15, -0.1) is 0 Å². The van der Waals surface area contributed by atoms with Gasteiger partial charge in [0.25, 0.3) is 0 Å². The molecule has 0 aliphatic heterocycles. The Bertz CT molecular complexity index is 2570. The molecule has 2 aromatic carbocycles. The summed E-state index contributed by atoms with van der Waals surface area (Å²) in [4.78, 5) is 102. The third-order valence-corrected chi connectivity index (χ3v) is 20.6. The van der Waals surface area contributed by atoms with E-state index in [1.54, 1.807) is 6.92 Å². The van der Waals surface area contributed by atoms with E-state index in [0.29, 0.717) is 49.7 Å². The molecule has 0 saturated carbocycles. The van der Waals surface area contributed by atoms with Crippen LogP contribution in [-0.4, -0.2) is 101 Å². The number of unbranched alkanes of at least 4 members (excludes halogenated alkanes) is 42. The summed E-state index contributed by atoms with van der Waals surface area (Å²) in [7, 11) is 0. The van der Waals surface area contributed by atoms with Crippen LogP contribution >= 0.6 is 0 Å². The fourth-order valence-corrected chi connectivity index (χ4v) is 14.3. The summed E-state index contributed by atoms with van der Waals surface area (Å²) in [5.41, 5.74) is -0.370. The summed E-state index contributed by atoms with van der Waals surface area (Å²) in [6.07, 6.45) is 43.9. The first kappa shape index (κ1) is 92.2. The minimum absolute atomic E-state index is 0.0105. The van der Waals surface area contributed by atoms with Crippen LogP contribution < -0.4 is 0 Å². The van der Waals surface area contributed by atoms with Gasteiger partial charge in [-0.05, 0) is 86.0 Å². The minimum atomic E-state index is -2.23. The van der Waals surface area contributed by atoms with Crippen molar-refractivity contribution in [1.29, 1.82) is 0 Å². The molecule has 0 aromatic heterocycles. The second-order valence-electron chi connectivity index (χ2n) is 29.4. The van der Waals surface area contributed by atoms with Crippen LogP contribution in [0, 0.1) is 11.8 Å². The Morgan fingerprint density at radius 3 is 1.02 bits per heavy atom. The minimum Gasteiger partial charge on any atom is -0.507 e. The average molecular weight is 1420 g/mol. The lowest BCUT2D eigenvalue weighted by Crippen LogP contribution is -2.32. The fourth-order valence-electron chi connectivity index (χ4n) is 14.3. The van der Waals surface area contributed by atoms with Crippen LogP contribution in [0.2, 0.25) is 0 Å². The number of carboxylic acid groups (broad SMARTS) is 1. The van der Waals surface area contributed by atoms with E-state index in [2.05, 4.69) is 41.5 Å². The monoisotopic (exact) mass is 1420 g/mol. The highest BCUT2D eigenvalue weighted by molar-refractivity contribution is 6.22. The number of benzene rings is 2. The van der Waals surface area contributed by atoms with Gasteiger partial charge in [-0.25, -0.2) is 19.2 Å². The molecule has 0 heterocycles. The average Bonchev–Trinajstić information content (AvgIpc) is 0.714. The topological polar surface area (TPSA) is 237 Å². The molecule has 4 N–H and O–H groups in total. The number of ether oxygens (including phenoxy) is 4. The lowest BCUT2D eigenvalue weighted by atomic mass is 9.77. The number of hydrogen-bond acceptors (Lipinski definition) is 14. The predicted octanol–water partition coefficient (Wildman–Crippen LogP) is 22.2. The molecule has 0 fully saturated rings. The van der Waals surface area contributed by atoms with Crippen LogP contribution in [0.5, 0.6) is 5.75 Å². The van der Waals surface area contributed by atoms with Crippen molar-refractivity contribution in [2.24, 2.45) is 11.8 Å². The van der Waals surface area contributed by atoms with Crippen molar-refractivity contribution in [3.8, 4) is 5.75 Å². The normalized spacial score (nSPS) is 12.4. The number of hydrogen-bond donors (Lipinski definition) is 4. The molecule has 3 unspecified atom stereocenters. The molecule has 2 aromatic rings. The van der Waals surface area contributed by atoms with E-state index in [4.69, 9.17) is 18.9 Å². The summed E-state index contributed by atoms with van der Waals surface area (Å²) in [6, 6.07) is 0. The number of Topliss-reactive ketones (excluding diaryl/α,β-unsaturated/α-hetero) is 2. The molecule has 15 nitrogen and oxygen atoms in total. The van der Waals surface area contributed by atoms with Crippen LogP contribution in [-0.2, 0) is 63.8 Å². The molecule has 0 radical (unpaired) electrons. The molecule has 0 spiro atoms. The third-order valence-electron chi connectivity index (χ3n) is 20.6. The molecule has 101 heavy (non-hydrogen) atoms. The second-order valence-corrected chi connectivity index (χ2v) is 29.4. The number of carboxylic acids is 1. The number of esters is 4. The summed E-state index contributed by atoms with van der Waals surface area (Å²) < 4.78 is 23.6. The van der Waals surface area contributed by atoms with Crippen LogP contribution in [0.1, 0.15) is 423 Å². The van der Waals surface area contributed by atoms with E-state index in [-0.39, 0.29) is 78.7 Å². The largest absolute Gasteiger partial charge is 0.507 e. The lowest BCUT2D eigenvalue weighted by Gasteiger charge is -2.27. The predicted molar refractivity (Wildman–Crippen MR) is 411 cm³/mol. The number of carbonyl (C=O) groups is 7. The first-order valence-corrected chi connectivity index (χ1v) is 41.7. The molecule has 3 atom stereocenters. The van der Waals surface area contributed by atoms with Crippen molar-refractivity contribution >= 4 is 52.2 Å². The van der Waals surface area contributed by atoms with Crippen LogP contribution in [0.4, 0.5) is 0 Å². The molecule has 580 valence electrons. The van der Waals surface area contributed by atoms with Crippen molar-refractivity contribution in [3.63, 3.8) is 0 Å². The molecule has 0 amide bonds. The van der Waals surface area contributed by atoms with Crippen molar-refractivity contribution in [1.82, 2.24) is 0 Å². The van der Waals surface area contributed by atoms with Gasteiger partial charge in [-0.2, -0.15) is 0 Å².